The highest BCUT2D eigenvalue weighted by Crippen LogP contribution is 2.36. The fourth-order valence-electron chi connectivity index (χ4n) is 2.63. The summed E-state index contributed by atoms with van der Waals surface area (Å²) < 4.78 is 6.60. The average Bonchev–Trinajstić information content (AvgIpc) is 3.01. The molecule has 1 fully saturated rings. The Morgan fingerprint density at radius 1 is 0.840 bits per heavy atom. The quantitative estimate of drug-likeness (QED) is 0.630. The molecule has 1 N–H and O–H groups in total. The summed E-state index contributed by atoms with van der Waals surface area (Å²) in [5.74, 6) is 1.24. The average molecular weight is 363 g/mol. The molecular weight excluding hydrogens is 350 g/mol. The van der Waals surface area contributed by atoms with Gasteiger partial charge in [0.15, 0.2) is 0 Å². The Morgan fingerprint density at radius 2 is 1.36 bits per heavy atom. The third-order valence-electron chi connectivity index (χ3n) is 3.79. The number of benzene rings is 2. The first-order chi connectivity index (χ1) is 12.2. The molecule has 0 saturated carbocycles. The molecule has 5 heteroatoms. The van der Waals surface area contributed by atoms with E-state index in [0.29, 0.717) is 20.7 Å². The minimum absolute atomic E-state index is 0.167. The first-order valence-corrected chi connectivity index (χ1v) is 8.93. The molecule has 0 unspecified atom stereocenters. The van der Waals surface area contributed by atoms with Crippen molar-refractivity contribution in [1.82, 2.24) is 5.32 Å². The van der Waals surface area contributed by atoms with E-state index in [2.05, 4.69) is 5.32 Å². The van der Waals surface area contributed by atoms with Crippen LogP contribution in [0.5, 0.6) is 0 Å². The van der Waals surface area contributed by atoms with Gasteiger partial charge >= 0.3 is 0 Å². The molecule has 3 nitrogen and oxygen atoms in total. The number of carbonyl (C=O) groups is 1. The third kappa shape index (κ3) is 3.29. The van der Waals surface area contributed by atoms with E-state index in [1.54, 1.807) is 0 Å². The summed E-state index contributed by atoms with van der Waals surface area (Å²) >= 11 is 6.39. The number of rotatable bonds is 2. The topological polar surface area (TPSA) is 38.3 Å². The van der Waals surface area contributed by atoms with Crippen molar-refractivity contribution in [2.75, 3.05) is 0 Å². The number of allylic oxidation sites excluding steroid dienone is 3. The maximum atomic E-state index is 12.2. The monoisotopic (exact) mass is 363 g/mol. The zero-order valence-electron chi connectivity index (χ0n) is 13.1. The van der Waals surface area contributed by atoms with Crippen molar-refractivity contribution >= 4 is 45.7 Å². The molecule has 1 saturated heterocycles. The molecule has 0 spiro atoms. The van der Waals surface area contributed by atoms with Crippen molar-refractivity contribution in [1.29, 1.82) is 0 Å². The molecule has 0 radical (unpaired) electrons. The largest absolute Gasteiger partial charge is 0.456 e. The number of nitrogens with one attached hydrogen (secondary N) is 1. The molecule has 2 heterocycles. The second-order valence-electron chi connectivity index (χ2n) is 5.48. The number of hydrogen-bond acceptors (Lipinski definition) is 4. The van der Waals surface area contributed by atoms with Crippen LogP contribution < -0.4 is 5.32 Å². The summed E-state index contributed by atoms with van der Waals surface area (Å²) in [5.41, 5.74) is 2.70. The van der Waals surface area contributed by atoms with E-state index in [-0.39, 0.29) is 5.91 Å². The van der Waals surface area contributed by atoms with E-state index in [4.69, 9.17) is 17.0 Å². The van der Waals surface area contributed by atoms with Crippen LogP contribution in [0.2, 0.25) is 0 Å². The van der Waals surface area contributed by atoms with Gasteiger partial charge in [0.2, 0.25) is 0 Å². The van der Waals surface area contributed by atoms with Gasteiger partial charge in [0, 0.05) is 16.7 Å². The highest BCUT2D eigenvalue weighted by atomic mass is 32.2. The minimum Gasteiger partial charge on any atom is -0.456 e. The lowest BCUT2D eigenvalue weighted by molar-refractivity contribution is -0.115. The molecule has 122 valence electrons. The molecule has 2 aliphatic rings. The Hall–Kier alpha value is -2.63. The first kappa shape index (κ1) is 15.9. The first-order valence-electron chi connectivity index (χ1n) is 7.70. The third-order valence-corrected chi connectivity index (χ3v) is 5.05. The summed E-state index contributed by atoms with van der Waals surface area (Å²) in [6.45, 7) is 0. The van der Waals surface area contributed by atoms with Gasteiger partial charge in [0.25, 0.3) is 5.91 Å². The minimum atomic E-state index is -0.167. The lowest BCUT2D eigenvalue weighted by atomic mass is 10.0. The van der Waals surface area contributed by atoms with Crippen LogP contribution in [-0.2, 0) is 9.53 Å². The standard InChI is InChI=1S/C20H13NO2S2/c22-19-18(25-20(24)21-19)15-11-16(13-7-3-1-4-8-13)23-17(12-15)14-9-5-2-6-10-14/h1-12H,(H,21,22,24). The van der Waals surface area contributed by atoms with Crippen molar-refractivity contribution in [2.45, 2.75) is 0 Å². The van der Waals surface area contributed by atoms with E-state index in [0.717, 1.165) is 16.7 Å². The lowest BCUT2D eigenvalue weighted by Gasteiger charge is -2.19. The van der Waals surface area contributed by atoms with Crippen LogP contribution in [0.25, 0.3) is 11.5 Å². The zero-order chi connectivity index (χ0) is 17.2. The molecule has 2 aromatic carbocycles. The van der Waals surface area contributed by atoms with Crippen LogP contribution in [-0.4, -0.2) is 10.2 Å². The molecule has 0 bridgehead atoms. The predicted molar refractivity (Wildman–Crippen MR) is 105 cm³/mol. The Morgan fingerprint density at radius 3 is 1.80 bits per heavy atom. The van der Waals surface area contributed by atoms with E-state index >= 15 is 0 Å². The maximum absolute atomic E-state index is 12.2. The summed E-state index contributed by atoms with van der Waals surface area (Å²) in [4.78, 5) is 12.8. The van der Waals surface area contributed by atoms with Gasteiger partial charge in [-0.2, -0.15) is 0 Å². The molecule has 2 aliphatic heterocycles. The Balaban J connectivity index is 1.84. The second-order valence-corrected chi connectivity index (χ2v) is 7.17. The molecule has 2 aromatic rings. The summed E-state index contributed by atoms with van der Waals surface area (Å²) in [5, 5.41) is 2.67. The molecular formula is C20H13NO2S2. The summed E-state index contributed by atoms with van der Waals surface area (Å²) in [6, 6.07) is 19.7. The fourth-order valence-corrected chi connectivity index (χ4v) is 3.68. The number of amides is 1. The van der Waals surface area contributed by atoms with Gasteiger partial charge in [0.05, 0.1) is 4.91 Å². The highest BCUT2D eigenvalue weighted by molar-refractivity contribution is 8.26. The van der Waals surface area contributed by atoms with Crippen LogP contribution in [0.4, 0.5) is 0 Å². The van der Waals surface area contributed by atoms with Gasteiger partial charge in [-0.25, -0.2) is 0 Å². The highest BCUT2D eigenvalue weighted by Gasteiger charge is 2.27. The number of ether oxygens (including phenoxy) is 1. The zero-order valence-corrected chi connectivity index (χ0v) is 14.7. The van der Waals surface area contributed by atoms with E-state index < -0.39 is 0 Å². The molecule has 0 aromatic heterocycles. The Bertz CT molecular complexity index is 887. The van der Waals surface area contributed by atoms with Gasteiger partial charge in [0.1, 0.15) is 15.8 Å². The van der Waals surface area contributed by atoms with Crippen LogP contribution in [0.15, 0.2) is 83.3 Å². The van der Waals surface area contributed by atoms with Crippen LogP contribution in [0, 0.1) is 0 Å². The molecule has 0 atom stereocenters. The van der Waals surface area contributed by atoms with Gasteiger partial charge in [-0.15, -0.1) is 0 Å². The molecule has 0 aliphatic carbocycles. The second kappa shape index (κ2) is 6.70. The van der Waals surface area contributed by atoms with Crippen molar-refractivity contribution in [3.63, 3.8) is 0 Å². The summed E-state index contributed by atoms with van der Waals surface area (Å²) in [6.07, 6.45) is 3.77. The van der Waals surface area contributed by atoms with Crippen molar-refractivity contribution in [3.05, 3.63) is 94.4 Å². The van der Waals surface area contributed by atoms with Crippen molar-refractivity contribution in [3.8, 4) is 0 Å². The molecule has 25 heavy (non-hydrogen) atoms. The number of hydrogen-bond donors (Lipinski definition) is 1. The predicted octanol–water partition coefficient (Wildman–Crippen LogP) is 4.50. The fraction of sp³-hybridized carbons (Fsp3) is 0. The Kier molecular flexibility index (Phi) is 4.26. The van der Waals surface area contributed by atoms with Crippen LogP contribution >= 0.6 is 24.0 Å². The van der Waals surface area contributed by atoms with Crippen LogP contribution in [0.3, 0.4) is 0 Å². The van der Waals surface area contributed by atoms with Gasteiger partial charge in [-0.3, -0.25) is 4.79 Å². The van der Waals surface area contributed by atoms with Gasteiger partial charge < -0.3 is 10.1 Å². The smallest absolute Gasteiger partial charge is 0.264 e. The van der Waals surface area contributed by atoms with Crippen molar-refractivity contribution in [2.24, 2.45) is 0 Å². The normalized spacial score (nSPS) is 17.0. The number of carbonyl (C=O) groups excluding carboxylic acids is 1. The van der Waals surface area contributed by atoms with E-state index in [9.17, 15) is 4.79 Å². The van der Waals surface area contributed by atoms with E-state index in [1.807, 2.05) is 72.8 Å². The lowest BCUT2D eigenvalue weighted by Crippen LogP contribution is -2.18. The van der Waals surface area contributed by atoms with E-state index in [1.165, 1.54) is 11.8 Å². The van der Waals surface area contributed by atoms with Crippen molar-refractivity contribution < 1.29 is 9.53 Å². The SMILES string of the molecule is O=C1NC(=S)SC1=C1C=C(c2ccccc2)OC(c2ccccc2)=C1. The van der Waals surface area contributed by atoms with Gasteiger partial charge in [-0.1, -0.05) is 84.6 Å². The Labute approximate surface area is 155 Å². The molecule has 4 rings (SSSR count). The summed E-state index contributed by atoms with van der Waals surface area (Å²) in [7, 11) is 0. The van der Waals surface area contributed by atoms with Crippen LogP contribution in [0.1, 0.15) is 11.1 Å². The molecule has 1 amide bonds. The maximum Gasteiger partial charge on any atom is 0.264 e. The van der Waals surface area contributed by atoms with Gasteiger partial charge in [-0.05, 0) is 12.2 Å². The number of thioether (sulfide) groups is 1. The number of thiocarbonyl (C=S) groups is 1.